The highest BCUT2D eigenvalue weighted by Gasteiger charge is 2.59. The van der Waals surface area contributed by atoms with E-state index in [0.29, 0.717) is 4.90 Å². The molecule has 43 heavy (non-hydrogen) atoms. The molecule has 0 bridgehead atoms. The first-order valence-electron chi connectivity index (χ1n) is 12.8. The smallest absolute Gasteiger partial charge is 0.463 e. The number of hydrogen-bond acceptors (Lipinski definition) is 11. The van der Waals surface area contributed by atoms with Gasteiger partial charge >= 0.3 is 24.1 Å². The van der Waals surface area contributed by atoms with Crippen molar-refractivity contribution in [3.05, 3.63) is 65.7 Å². The van der Waals surface area contributed by atoms with E-state index in [1.54, 1.807) is 6.07 Å². The zero-order valence-corrected chi connectivity index (χ0v) is 22.9. The van der Waals surface area contributed by atoms with Gasteiger partial charge < -0.3 is 23.7 Å². The molecule has 0 saturated carbocycles. The topological polar surface area (TPSA) is 147 Å². The monoisotopic (exact) mass is 606 g/mol. The molecule has 2 aromatic carbocycles. The summed E-state index contributed by atoms with van der Waals surface area (Å²) < 4.78 is 69.5. The molecule has 15 heteroatoms. The average molecular weight is 607 g/mol. The van der Waals surface area contributed by atoms with Gasteiger partial charge in [-0.3, -0.25) is 28.9 Å². The van der Waals surface area contributed by atoms with Crippen molar-refractivity contribution < 1.29 is 60.8 Å². The van der Waals surface area contributed by atoms with Gasteiger partial charge in [0.2, 0.25) is 6.29 Å². The minimum atomic E-state index is -5.22. The average Bonchev–Trinajstić information content (AvgIpc) is 3.18. The lowest BCUT2D eigenvalue weighted by atomic mass is 9.94. The quantitative estimate of drug-likeness (QED) is 0.151. The predicted octanol–water partition coefficient (Wildman–Crippen LogP) is 3.11. The Morgan fingerprint density at radius 1 is 0.814 bits per heavy atom. The van der Waals surface area contributed by atoms with Gasteiger partial charge in [0.05, 0.1) is 16.8 Å². The normalized spacial score (nSPS) is 23.8. The summed E-state index contributed by atoms with van der Waals surface area (Å²) in [4.78, 5) is 67.0. The second-order valence-corrected chi connectivity index (χ2v) is 9.38. The molecular weight excluding hydrogens is 581 g/mol. The van der Waals surface area contributed by atoms with Crippen LogP contribution >= 0.6 is 0 Å². The lowest BCUT2D eigenvalue weighted by Gasteiger charge is -2.46. The van der Waals surface area contributed by atoms with Gasteiger partial charge in [-0.05, 0) is 24.3 Å². The molecule has 0 N–H and O–H groups in total. The first-order chi connectivity index (χ1) is 20.3. The van der Waals surface area contributed by atoms with Crippen molar-refractivity contribution in [2.75, 3.05) is 6.61 Å². The first kappa shape index (κ1) is 31.2. The lowest BCUT2D eigenvalue weighted by Crippen LogP contribution is -2.68. The highest BCUT2D eigenvalue weighted by molar-refractivity contribution is 6.21. The fourth-order valence-electron chi connectivity index (χ4n) is 4.62. The van der Waals surface area contributed by atoms with Gasteiger partial charge in [-0.15, -0.1) is 0 Å². The molecule has 228 valence electrons. The molecule has 0 spiro atoms. The summed E-state index contributed by atoms with van der Waals surface area (Å²) >= 11 is 0. The van der Waals surface area contributed by atoms with E-state index in [9.17, 15) is 37.1 Å². The van der Waals surface area contributed by atoms with Crippen LogP contribution in [-0.2, 0) is 38.1 Å². The molecule has 2 amide bonds. The van der Waals surface area contributed by atoms with Crippen LogP contribution in [-0.4, -0.2) is 83.9 Å². The number of ether oxygens (including phenoxy) is 5. The lowest BCUT2D eigenvalue weighted by molar-refractivity contribution is -0.272. The zero-order valence-electron chi connectivity index (χ0n) is 22.9. The molecule has 4 rings (SSSR count). The predicted molar refractivity (Wildman–Crippen MR) is 138 cm³/mol. The molecule has 1 unspecified atom stereocenters. The van der Waals surface area contributed by atoms with Crippen LogP contribution in [0.1, 0.15) is 41.5 Å². The third-order valence-corrected chi connectivity index (χ3v) is 6.25. The van der Waals surface area contributed by atoms with E-state index in [0.717, 1.165) is 20.8 Å². The Morgan fingerprint density at radius 3 is 1.86 bits per heavy atom. The van der Waals surface area contributed by atoms with Crippen LogP contribution in [0.25, 0.3) is 0 Å². The number of imide groups is 1. The van der Waals surface area contributed by atoms with Crippen LogP contribution < -0.4 is 0 Å². The number of fused-ring (bicyclic) bond motifs is 1. The Kier molecular flexibility index (Phi) is 9.13. The second-order valence-electron chi connectivity index (χ2n) is 9.38. The van der Waals surface area contributed by atoms with E-state index < -0.39 is 79.0 Å². The van der Waals surface area contributed by atoms with E-state index in [-0.39, 0.29) is 16.8 Å². The Bertz CT molecular complexity index is 1410. The number of carbonyl (C=O) groups is 5. The van der Waals surface area contributed by atoms with Crippen molar-refractivity contribution in [2.24, 2.45) is 4.99 Å². The molecule has 2 heterocycles. The molecule has 2 aromatic rings. The van der Waals surface area contributed by atoms with Crippen LogP contribution in [0, 0.1) is 0 Å². The summed E-state index contributed by atoms with van der Waals surface area (Å²) in [6, 6.07) is 10.6. The molecule has 12 nitrogen and oxygen atoms in total. The molecular formula is C28H25F3N2O10. The van der Waals surface area contributed by atoms with Gasteiger partial charge in [-0.1, -0.05) is 30.3 Å². The minimum absolute atomic E-state index is 0.0899. The first-order valence-corrected chi connectivity index (χ1v) is 12.8. The minimum Gasteiger partial charge on any atom is -0.463 e. The molecule has 0 aliphatic carbocycles. The van der Waals surface area contributed by atoms with Gasteiger partial charge in [0.25, 0.3) is 17.7 Å². The largest absolute Gasteiger partial charge is 0.468 e. The van der Waals surface area contributed by atoms with Crippen molar-refractivity contribution >= 4 is 41.3 Å². The summed E-state index contributed by atoms with van der Waals surface area (Å²) in [6.07, 6.45) is -12.5. The molecule has 1 fully saturated rings. The van der Waals surface area contributed by atoms with Crippen LogP contribution in [0.2, 0.25) is 0 Å². The Hall–Kier alpha value is -4.79. The van der Waals surface area contributed by atoms with Crippen LogP contribution in [0.4, 0.5) is 18.9 Å². The third-order valence-electron chi connectivity index (χ3n) is 6.25. The standard InChI is InChI=1S/C28H25F3N2O10/c1-14(34)39-13-20-22(40-15(2)35)23(41-16(3)36)21(33-24(37)18-11-7-8-12-19(18)25(33)38)26(42-20)43-27(28(29,30)31)32-17-9-5-4-6-10-17/h4-12,20-23,26H,13H2,1-3H3/t20-,21-,22-,23-,26?/m1/s1. The van der Waals surface area contributed by atoms with Crippen molar-refractivity contribution in [1.29, 1.82) is 0 Å². The number of rotatable bonds is 7. The summed E-state index contributed by atoms with van der Waals surface area (Å²) in [6.45, 7) is 2.28. The number of amides is 2. The number of para-hydroxylation sites is 1. The van der Waals surface area contributed by atoms with Gasteiger partial charge in [0.1, 0.15) is 18.8 Å². The fourth-order valence-corrected chi connectivity index (χ4v) is 4.62. The van der Waals surface area contributed by atoms with Gasteiger partial charge in [-0.25, -0.2) is 4.99 Å². The maximum atomic E-state index is 14.3. The summed E-state index contributed by atoms with van der Waals surface area (Å²) in [5, 5.41) is 0. The Labute approximate surface area is 242 Å². The van der Waals surface area contributed by atoms with Crippen molar-refractivity contribution in [2.45, 2.75) is 57.6 Å². The number of esters is 3. The van der Waals surface area contributed by atoms with Gasteiger partial charge in [-0.2, -0.15) is 13.2 Å². The van der Waals surface area contributed by atoms with Crippen LogP contribution in [0.3, 0.4) is 0 Å². The third kappa shape index (κ3) is 6.99. The van der Waals surface area contributed by atoms with Gasteiger partial charge in [0.15, 0.2) is 12.2 Å². The summed E-state index contributed by atoms with van der Waals surface area (Å²) in [5.41, 5.74) is -0.338. The number of aliphatic imine (C=N–C) groups is 1. The van der Waals surface area contributed by atoms with E-state index in [1.165, 1.54) is 48.5 Å². The second kappa shape index (κ2) is 12.6. The van der Waals surface area contributed by atoms with Crippen molar-refractivity contribution in [3.63, 3.8) is 0 Å². The van der Waals surface area contributed by atoms with E-state index in [2.05, 4.69) is 4.99 Å². The number of nitrogens with zero attached hydrogens (tertiary/aromatic N) is 2. The van der Waals surface area contributed by atoms with Crippen molar-refractivity contribution in [3.8, 4) is 0 Å². The molecule has 1 saturated heterocycles. The molecule has 2 aliphatic heterocycles. The number of carbonyl (C=O) groups excluding carboxylic acids is 5. The zero-order chi connectivity index (χ0) is 31.5. The Balaban J connectivity index is 1.88. The van der Waals surface area contributed by atoms with E-state index in [4.69, 9.17) is 23.7 Å². The number of halogens is 3. The SMILES string of the molecule is CC(=O)OC[C@H]1OC(OC(=Nc2ccccc2)C(F)(F)F)[C@H](N2C(=O)c3ccccc3C2=O)[C@@H](OC(C)=O)[C@@H]1OC(C)=O. The molecule has 0 radical (unpaired) electrons. The Morgan fingerprint density at radius 2 is 1.35 bits per heavy atom. The van der Waals surface area contributed by atoms with E-state index >= 15 is 0 Å². The maximum Gasteiger partial charge on any atom is 0.468 e. The molecule has 2 aliphatic rings. The van der Waals surface area contributed by atoms with Crippen molar-refractivity contribution in [1.82, 2.24) is 4.90 Å². The summed E-state index contributed by atoms with van der Waals surface area (Å²) in [7, 11) is 0. The molecule has 0 aromatic heterocycles. The summed E-state index contributed by atoms with van der Waals surface area (Å²) in [5.74, 6) is -6.54. The number of benzene rings is 2. The van der Waals surface area contributed by atoms with Gasteiger partial charge in [0, 0.05) is 20.8 Å². The van der Waals surface area contributed by atoms with E-state index in [1.807, 2.05) is 0 Å². The molecule has 5 atom stereocenters. The fraction of sp³-hybridized carbons (Fsp3) is 0.357. The maximum absolute atomic E-state index is 14.3. The highest BCUT2D eigenvalue weighted by Crippen LogP contribution is 2.37. The van der Waals surface area contributed by atoms with Crippen LogP contribution in [0.15, 0.2) is 59.6 Å². The number of alkyl halides is 3. The van der Waals surface area contributed by atoms with Crippen LogP contribution in [0.5, 0.6) is 0 Å². The number of hydrogen-bond donors (Lipinski definition) is 0. The highest BCUT2D eigenvalue weighted by atomic mass is 19.4.